The first-order valence-electron chi connectivity index (χ1n) is 12.5. The van der Waals surface area contributed by atoms with Crippen LogP contribution in [0.3, 0.4) is 0 Å². The van der Waals surface area contributed by atoms with Crippen LogP contribution in [0.1, 0.15) is 25.0 Å². The lowest BCUT2D eigenvalue weighted by Gasteiger charge is -2.28. The topological polar surface area (TPSA) is 140 Å². The van der Waals surface area contributed by atoms with Gasteiger partial charge in [-0.1, -0.05) is 48.5 Å². The number of nitrogens with zero attached hydrogens (tertiary/aromatic N) is 1. The number of benzene rings is 3. The Bertz CT molecular complexity index is 1370. The molecule has 1 heterocycles. The number of nitrogens with one attached hydrogen (secondary N) is 2. The fraction of sp³-hybridized carbons (Fsp3) is 0.276. The summed E-state index contributed by atoms with van der Waals surface area (Å²) in [7, 11) is 1.60. The Morgan fingerprint density at radius 2 is 1.82 bits per heavy atom. The van der Waals surface area contributed by atoms with Crippen molar-refractivity contribution in [1.82, 2.24) is 10.6 Å². The molecule has 0 unspecified atom stereocenters. The Labute approximate surface area is 232 Å². The van der Waals surface area contributed by atoms with E-state index in [1.807, 2.05) is 66.7 Å². The third-order valence-electron chi connectivity index (χ3n) is 6.39. The molecule has 0 aliphatic carbocycles. The van der Waals surface area contributed by atoms with Crippen molar-refractivity contribution in [2.45, 2.75) is 43.4 Å². The highest BCUT2D eigenvalue weighted by Crippen LogP contribution is 2.38. The Balaban J connectivity index is 1.62. The summed E-state index contributed by atoms with van der Waals surface area (Å²) in [6.45, 7) is 3.85. The number of urea groups is 1. The van der Waals surface area contributed by atoms with Gasteiger partial charge in [-0.05, 0) is 54.3 Å². The highest BCUT2D eigenvalue weighted by molar-refractivity contribution is 7.99. The molecule has 0 spiro atoms. The number of ether oxygens (including phenoxy) is 1. The number of hydrogen-bond donors (Lipinski definition) is 4. The zero-order chi connectivity index (χ0) is 28.2. The van der Waals surface area contributed by atoms with Gasteiger partial charge in [-0.3, -0.25) is 9.59 Å². The summed E-state index contributed by atoms with van der Waals surface area (Å²) >= 11 is 1.49. The van der Waals surface area contributed by atoms with Crippen molar-refractivity contribution in [1.29, 1.82) is 0 Å². The molecule has 0 aromatic heterocycles. The van der Waals surface area contributed by atoms with Crippen LogP contribution in [0.2, 0.25) is 0 Å². The number of carbonyl (C=O) groups excluding carboxylic acids is 3. The monoisotopic (exact) mass is 547 g/mol. The number of methoxy groups -OCH3 is 1. The molecule has 6 N–H and O–H groups in total. The molecule has 4 amide bonds. The normalized spacial score (nSPS) is 15.2. The van der Waals surface area contributed by atoms with E-state index in [0.29, 0.717) is 24.6 Å². The van der Waals surface area contributed by atoms with Crippen molar-refractivity contribution < 1.29 is 19.1 Å². The molecule has 1 atom stereocenters. The molecule has 204 valence electrons. The number of nitrogens with two attached hydrogens (primary N) is 2. The zero-order valence-corrected chi connectivity index (χ0v) is 23.0. The first-order chi connectivity index (χ1) is 18.6. The Kier molecular flexibility index (Phi) is 8.47. The van der Waals surface area contributed by atoms with Gasteiger partial charge in [0.2, 0.25) is 5.91 Å². The fourth-order valence-electron chi connectivity index (χ4n) is 4.23. The lowest BCUT2D eigenvalue weighted by atomic mass is 9.98. The molecule has 39 heavy (non-hydrogen) atoms. The van der Waals surface area contributed by atoms with Crippen LogP contribution in [0.5, 0.6) is 5.75 Å². The summed E-state index contributed by atoms with van der Waals surface area (Å²) in [6, 6.07) is 20.0. The fourth-order valence-corrected chi connectivity index (χ4v) is 5.33. The van der Waals surface area contributed by atoms with Crippen molar-refractivity contribution in [3.8, 4) is 16.9 Å². The third kappa shape index (κ3) is 6.71. The van der Waals surface area contributed by atoms with E-state index in [4.69, 9.17) is 16.2 Å². The van der Waals surface area contributed by atoms with E-state index < -0.39 is 23.5 Å². The number of rotatable bonds is 8. The highest BCUT2D eigenvalue weighted by Gasteiger charge is 2.34. The average molecular weight is 548 g/mol. The number of thioether (sulfide) groups is 1. The predicted octanol–water partition coefficient (Wildman–Crippen LogP) is 3.39. The van der Waals surface area contributed by atoms with Gasteiger partial charge in [0.25, 0.3) is 5.91 Å². The summed E-state index contributed by atoms with van der Waals surface area (Å²) in [5.41, 5.74) is 14.7. The van der Waals surface area contributed by atoms with Crippen LogP contribution < -0.4 is 31.7 Å². The Hall–Kier alpha value is -4.02. The number of hydrogen-bond acceptors (Lipinski definition) is 6. The van der Waals surface area contributed by atoms with Crippen LogP contribution in [0.25, 0.3) is 11.1 Å². The molecule has 10 heteroatoms. The van der Waals surface area contributed by atoms with Crippen molar-refractivity contribution in [2.24, 2.45) is 11.5 Å². The summed E-state index contributed by atoms with van der Waals surface area (Å²) in [4.78, 5) is 40.2. The Morgan fingerprint density at radius 3 is 2.49 bits per heavy atom. The number of carbonyl (C=O) groups is 3. The number of primary amides is 1. The maximum atomic E-state index is 13.8. The first kappa shape index (κ1) is 28.0. The van der Waals surface area contributed by atoms with Gasteiger partial charge in [0, 0.05) is 17.2 Å². The number of anilines is 1. The quantitative estimate of drug-likeness (QED) is 0.341. The molecular weight excluding hydrogens is 514 g/mol. The van der Waals surface area contributed by atoms with Gasteiger partial charge >= 0.3 is 6.03 Å². The van der Waals surface area contributed by atoms with Crippen LogP contribution in [0.15, 0.2) is 71.6 Å². The van der Waals surface area contributed by atoms with Gasteiger partial charge in [0.15, 0.2) is 0 Å². The molecule has 0 bridgehead atoms. The minimum absolute atomic E-state index is 0.212. The molecule has 3 aromatic rings. The second kappa shape index (κ2) is 11.8. The molecule has 0 fully saturated rings. The van der Waals surface area contributed by atoms with Crippen molar-refractivity contribution in [2.75, 3.05) is 17.8 Å². The van der Waals surface area contributed by atoms with Gasteiger partial charge in [-0.2, -0.15) is 0 Å². The first-order valence-corrected chi connectivity index (χ1v) is 13.5. The van der Waals surface area contributed by atoms with E-state index in [1.165, 1.54) is 11.8 Å². The second-order valence-electron chi connectivity index (χ2n) is 9.89. The minimum Gasteiger partial charge on any atom is -0.497 e. The lowest BCUT2D eigenvalue weighted by molar-refractivity contribution is -0.129. The van der Waals surface area contributed by atoms with E-state index in [0.717, 1.165) is 32.8 Å². The smallest absolute Gasteiger partial charge is 0.312 e. The number of fused-ring (bicyclic) bond motifs is 1. The number of amides is 4. The lowest BCUT2D eigenvalue weighted by Crippen LogP contribution is -2.56. The van der Waals surface area contributed by atoms with Crippen LogP contribution in [0.4, 0.5) is 10.5 Å². The van der Waals surface area contributed by atoms with E-state index >= 15 is 0 Å². The largest absolute Gasteiger partial charge is 0.497 e. The van der Waals surface area contributed by atoms with E-state index in [-0.39, 0.29) is 5.91 Å². The highest BCUT2D eigenvalue weighted by atomic mass is 32.2. The molecular formula is C29H33N5O4S. The van der Waals surface area contributed by atoms with Crippen LogP contribution in [0, 0.1) is 0 Å². The molecule has 4 rings (SSSR count). The molecule has 0 saturated heterocycles. The predicted molar refractivity (Wildman–Crippen MR) is 153 cm³/mol. The van der Waals surface area contributed by atoms with Crippen LogP contribution >= 0.6 is 11.8 Å². The van der Waals surface area contributed by atoms with Gasteiger partial charge in [-0.25, -0.2) is 4.79 Å². The maximum absolute atomic E-state index is 13.8. The van der Waals surface area contributed by atoms with Crippen molar-refractivity contribution in [3.05, 3.63) is 77.9 Å². The van der Waals surface area contributed by atoms with Crippen molar-refractivity contribution in [3.63, 3.8) is 0 Å². The van der Waals surface area contributed by atoms with Gasteiger partial charge in [-0.15, -0.1) is 11.8 Å². The summed E-state index contributed by atoms with van der Waals surface area (Å²) in [6.07, 6.45) is 0. The maximum Gasteiger partial charge on any atom is 0.312 e. The minimum atomic E-state index is -1.11. The summed E-state index contributed by atoms with van der Waals surface area (Å²) in [5.74, 6) is 0.453. The third-order valence-corrected chi connectivity index (χ3v) is 7.53. The van der Waals surface area contributed by atoms with Crippen LogP contribution in [-0.4, -0.2) is 42.3 Å². The molecule has 1 aliphatic rings. The SMILES string of the molecule is COc1ccc2c(c1)SC[C@@H](NC(=O)C(C)(C)N)C(=O)N2Cc1ccc(-c2ccccc2CNC(N)=O)cc1. The van der Waals surface area contributed by atoms with E-state index in [2.05, 4.69) is 10.6 Å². The standard InChI is InChI=1S/C29H33N5O4S/c1-29(2,31)27(36)33-23-17-39-25-14-21(38-3)12-13-24(25)34(26(23)35)16-18-8-10-19(11-9-18)22-7-5-4-6-20(22)15-32-28(30)37/h4-14,23H,15-17,31H2,1-3H3,(H,33,36)(H3,30,32,37)/t23-/m1/s1. The Morgan fingerprint density at radius 1 is 1.10 bits per heavy atom. The van der Waals surface area contributed by atoms with Gasteiger partial charge < -0.3 is 31.7 Å². The molecule has 9 nitrogen and oxygen atoms in total. The molecule has 0 radical (unpaired) electrons. The summed E-state index contributed by atoms with van der Waals surface area (Å²) < 4.78 is 5.40. The average Bonchev–Trinajstić information content (AvgIpc) is 3.04. The molecule has 0 saturated carbocycles. The summed E-state index contributed by atoms with van der Waals surface area (Å²) in [5, 5.41) is 5.48. The zero-order valence-electron chi connectivity index (χ0n) is 22.2. The molecule has 1 aliphatic heterocycles. The molecule has 3 aromatic carbocycles. The van der Waals surface area contributed by atoms with E-state index in [9.17, 15) is 14.4 Å². The second-order valence-corrected chi connectivity index (χ2v) is 11.0. The van der Waals surface area contributed by atoms with Gasteiger partial charge in [0.05, 0.1) is 24.9 Å². The van der Waals surface area contributed by atoms with Crippen molar-refractivity contribution >= 4 is 35.3 Å². The van der Waals surface area contributed by atoms with Crippen LogP contribution in [-0.2, 0) is 22.7 Å². The van der Waals surface area contributed by atoms with Gasteiger partial charge in [0.1, 0.15) is 11.8 Å². The van der Waals surface area contributed by atoms with E-state index in [1.54, 1.807) is 25.9 Å².